The average molecular weight is 271 g/mol. The van der Waals surface area contributed by atoms with E-state index in [-0.39, 0.29) is 0 Å². The minimum atomic E-state index is 0.646. The van der Waals surface area contributed by atoms with Gasteiger partial charge in [-0.3, -0.25) is 0 Å². The van der Waals surface area contributed by atoms with Crippen molar-refractivity contribution >= 4 is 16.9 Å². The SMILES string of the molecule is CN1CCC2C(CCCN2c2ncnc3[nH]ccc23)C1. The topological polar surface area (TPSA) is 48.1 Å². The van der Waals surface area contributed by atoms with Gasteiger partial charge in [0, 0.05) is 25.3 Å². The Morgan fingerprint density at radius 2 is 2.20 bits per heavy atom. The van der Waals surface area contributed by atoms with Crippen LogP contribution in [0.5, 0.6) is 0 Å². The lowest BCUT2D eigenvalue weighted by Crippen LogP contribution is -2.53. The van der Waals surface area contributed by atoms with Crippen molar-refractivity contribution in [3.63, 3.8) is 0 Å². The van der Waals surface area contributed by atoms with Crippen molar-refractivity contribution in [3.05, 3.63) is 18.6 Å². The van der Waals surface area contributed by atoms with Gasteiger partial charge < -0.3 is 14.8 Å². The van der Waals surface area contributed by atoms with Gasteiger partial charge in [-0.15, -0.1) is 0 Å². The van der Waals surface area contributed by atoms with Crippen LogP contribution in [0.2, 0.25) is 0 Å². The Hall–Kier alpha value is -1.62. The van der Waals surface area contributed by atoms with E-state index < -0.39 is 0 Å². The van der Waals surface area contributed by atoms with Gasteiger partial charge in [0.25, 0.3) is 0 Å². The van der Waals surface area contributed by atoms with Gasteiger partial charge in [0.1, 0.15) is 17.8 Å². The Morgan fingerprint density at radius 3 is 3.15 bits per heavy atom. The van der Waals surface area contributed by atoms with Crippen LogP contribution in [0.1, 0.15) is 19.3 Å². The number of piperidine rings is 2. The molecule has 5 nitrogen and oxygen atoms in total. The molecule has 106 valence electrons. The van der Waals surface area contributed by atoms with E-state index in [9.17, 15) is 0 Å². The zero-order valence-electron chi connectivity index (χ0n) is 11.9. The first-order chi connectivity index (χ1) is 9.83. The Morgan fingerprint density at radius 1 is 1.25 bits per heavy atom. The molecular weight excluding hydrogens is 250 g/mol. The molecule has 2 aromatic rings. The van der Waals surface area contributed by atoms with Crippen LogP contribution in [0.3, 0.4) is 0 Å². The number of nitrogens with one attached hydrogen (secondary N) is 1. The van der Waals surface area contributed by atoms with Gasteiger partial charge in [-0.05, 0) is 44.8 Å². The first kappa shape index (κ1) is 12.1. The number of likely N-dealkylation sites (tertiary alicyclic amines) is 1. The minimum Gasteiger partial charge on any atom is -0.353 e. The summed E-state index contributed by atoms with van der Waals surface area (Å²) in [6, 6.07) is 2.75. The lowest BCUT2D eigenvalue weighted by molar-refractivity contribution is 0.154. The second kappa shape index (κ2) is 4.74. The minimum absolute atomic E-state index is 0.646. The van der Waals surface area contributed by atoms with Crippen LogP contribution in [0, 0.1) is 5.92 Å². The predicted molar refractivity (Wildman–Crippen MR) is 79.9 cm³/mol. The molecule has 2 atom stereocenters. The maximum atomic E-state index is 4.59. The normalized spacial score (nSPS) is 27.8. The number of nitrogens with zero attached hydrogens (tertiary/aromatic N) is 4. The molecular formula is C15H21N5. The fraction of sp³-hybridized carbons (Fsp3) is 0.600. The highest BCUT2D eigenvalue weighted by Gasteiger charge is 2.36. The van der Waals surface area contributed by atoms with Crippen molar-refractivity contribution in [2.45, 2.75) is 25.3 Å². The molecule has 2 fully saturated rings. The third kappa shape index (κ3) is 1.88. The van der Waals surface area contributed by atoms with E-state index in [1.807, 2.05) is 6.20 Å². The van der Waals surface area contributed by atoms with E-state index >= 15 is 0 Å². The molecule has 2 aliphatic heterocycles. The van der Waals surface area contributed by atoms with E-state index in [0.717, 1.165) is 29.3 Å². The fourth-order valence-corrected chi connectivity index (χ4v) is 3.94. The van der Waals surface area contributed by atoms with Gasteiger partial charge in [-0.25, -0.2) is 9.97 Å². The van der Waals surface area contributed by atoms with Crippen LogP contribution in [-0.4, -0.2) is 52.6 Å². The molecule has 1 N–H and O–H groups in total. The molecule has 0 radical (unpaired) electrons. The first-order valence-corrected chi connectivity index (χ1v) is 7.56. The fourth-order valence-electron chi connectivity index (χ4n) is 3.94. The zero-order chi connectivity index (χ0) is 13.5. The first-order valence-electron chi connectivity index (χ1n) is 7.56. The van der Waals surface area contributed by atoms with E-state index in [2.05, 4.69) is 37.9 Å². The van der Waals surface area contributed by atoms with Crippen molar-refractivity contribution in [1.82, 2.24) is 19.9 Å². The maximum Gasteiger partial charge on any atom is 0.142 e. The molecule has 5 heteroatoms. The molecule has 0 aromatic carbocycles. The standard InChI is InChI=1S/C15H21N5/c1-19-8-5-13-11(9-19)3-2-7-20(13)15-12-4-6-16-14(12)17-10-18-15/h4,6,10-11,13H,2-3,5,7-9H2,1H3,(H,16,17,18). The highest BCUT2D eigenvalue weighted by atomic mass is 15.3. The molecule has 4 heterocycles. The predicted octanol–water partition coefficient (Wildman–Crippen LogP) is 1.88. The lowest BCUT2D eigenvalue weighted by atomic mass is 9.84. The lowest BCUT2D eigenvalue weighted by Gasteiger charge is -2.47. The monoisotopic (exact) mass is 271 g/mol. The Labute approximate surface area is 119 Å². The summed E-state index contributed by atoms with van der Waals surface area (Å²) in [5.41, 5.74) is 0.949. The molecule has 0 aliphatic carbocycles. The number of hydrogen-bond donors (Lipinski definition) is 1. The average Bonchev–Trinajstić information content (AvgIpc) is 2.94. The van der Waals surface area contributed by atoms with Gasteiger partial charge >= 0.3 is 0 Å². The third-order valence-electron chi connectivity index (χ3n) is 4.88. The molecule has 2 aromatic heterocycles. The molecule has 0 saturated carbocycles. The van der Waals surface area contributed by atoms with Crippen molar-refractivity contribution < 1.29 is 0 Å². The highest BCUT2D eigenvalue weighted by molar-refractivity contribution is 5.87. The van der Waals surface area contributed by atoms with Crippen LogP contribution < -0.4 is 4.90 Å². The van der Waals surface area contributed by atoms with Gasteiger partial charge in [0.15, 0.2) is 0 Å². The molecule has 0 spiro atoms. The summed E-state index contributed by atoms with van der Waals surface area (Å²) in [4.78, 5) is 17.1. The third-order valence-corrected chi connectivity index (χ3v) is 4.88. The van der Waals surface area contributed by atoms with E-state index in [1.165, 1.54) is 32.4 Å². The summed E-state index contributed by atoms with van der Waals surface area (Å²) >= 11 is 0. The summed E-state index contributed by atoms with van der Waals surface area (Å²) in [6.45, 7) is 3.55. The van der Waals surface area contributed by atoms with E-state index in [1.54, 1.807) is 6.33 Å². The van der Waals surface area contributed by atoms with Crippen LogP contribution in [0.15, 0.2) is 18.6 Å². The van der Waals surface area contributed by atoms with Gasteiger partial charge in [-0.1, -0.05) is 0 Å². The Balaban J connectivity index is 1.72. The molecule has 0 amide bonds. The molecule has 2 aliphatic rings. The molecule has 0 bridgehead atoms. The largest absolute Gasteiger partial charge is 0.353 e. The van der Waals surface area contributed by atoms with Crippen LogP contribution in [0.25, 0.3) is 11.0 Å². The van der Waals surface area contributed by atoms with Crippen LogP contribution in [0.4, 0.5) is 5.82 Å². The van der Waals surface area contributed by atoms with Gasteiger partial charge in [0.05, 0.1) is 5.39 Å². The second-order valence-electron chi connectivity index (χ2n) is 6.15. The summed E-state index contributed by atoms with van der Waals surface area (Å²) in [5.74, 6) is 1.90. The number of anilines is 1. The number of rotatable bonds is 1. The summed E-state index contributed by atoms with van der Waals surface area (Å²) in [7, 11) is 2.24. The van der Waals surface area contributed by atoms with Crippen molar-refractivity contribution in [1.29, 1.82) is 0 Å². The number of aromatic nitrogens is 3. The van der Waals surface area contributed by atoms with Gasteiger partial charge in [0.2, 0.25) is 0 Å². The van der Waals surface area contributed by atoms with Crippen molar-refractivity contribution in [3.8, 4) is 0 Å². The van der Waals surface area contributed by atoms with Gasteiger partial charge in [-0.2, -0.15) is 0 Å². The quantitative estimate of drug-likeness (QED) is 0.860. The van der Waals surface area contributed by atoms with E-state index in [0.29, 0.717) is 6.04 Å². The van der Waals surface area contributed by atoms with Crippen LogP contribution >= 0.6 is 0 Å². The number of aromatic amines is 1. The van der Waals surface area contributed by atoms with Crippen LogP contribution in [-0.2, 0) is 0 Å². The molecule has 20 heavy (non-hydrogen) atoms. The number of fused-ring (bicyclic) bond motifs is 2. The molecule has 4 rings (SSSR count). The smallest absolute Gasteiger partial charge is 0.142 e. The van der Waals surface area contributed by atoms with Crippen molar-refractivity contribution in [2.24, 2.45) is 5.92 Å². The summed E-state index contributed by atoms with van der Waals surface area (Å²) in [6.07, 6.45) is 7.51. The zero-order valence-corrected chi connectivity index (χ0v) is 11.9. The second-order valence-corrected chi connectivity index (χ2v) is 6.15. The number of hydrogen-bond acceptors (Lipinski definition) is 4. The maximum absolute atomic E-state index is 4.59. The number of H-pyrrole nitrogens is 1. The Kier molecular flexibility index (Phi) is 2.88. The molecule has 2 saturated heterocycles. The summed E-state index contributed by atoms with van der Waals surface area (Å²) < 4.78 is 0. The Bertz CT molecular complexity index is 607. The molecule has 2 unspecified atom stereocenters. The summed E-state index contributed by atoms with van der Waals surface area (Å²) in [5, 5.41) is 1.16. The highest BCUT2D eigenvalue weighted by Crippen LogP contribution is 2.35. The van der Waals surface area contributed by atoms with E-state index in [4.69, 9.17) is 0 Å². The van der Waals surface area contributed by atoms with Crippen molar-refractivity contribution in [2.75, 3.05) is 31.6 Å².